The normalized spacial score (nSPS) is 10.5. The molecule has 0 unspecified atom stereocenters. The zero-order valence-corrected chi connectivity index (χ0v) is 13.0. The van der Waals surface area contributed by atoms with E-state index in [2.05, 4.69) is 39.4 Å². The van der Waals surface area contributed by atoms with Gasteiger partial charge in [-0.15, -0.1) is 0 Å². The predicted molar refractivity (Wildman–Crippen MR) is 82.7 cm³/mol. The lowest BCUT2D eigenvalue weighted by molar-refractivity contribution is 0.414. The monoisotopic (exact) mass is 339 g/mol. The lowest BCUT2D eigenvalue weighted by Crippen LogP contribution is -2.12. The van der Waals surface area contributed by atoms with Crippen molar-refractivity contribution in [1.82, 2.24) is 5.32 Å². The largest absolute Gasteiger partial charge is 0.497 e. The second-order valence-electron chi connectivity index (χ2n) is 4.20. The Balaban J connectivity index is 1.86. The standard InChI is InChI=1S/C15H15BrClNO/c1-19-13-5-2-11(3-6-13)9-18-10-12-4-7-14(16)15(17)8-12/h2-8,18H,9-10H2,1H3. The molecule has 2 nitrogen and oxygen atoms in total. The highest BCUT2D eigenvalue weighted by molar-refractivity contribution is 9.10. The predicted octanol–water partition coefficient (Wildman–Crippen LogP) is 4.40. The van der Waals surface area contributed by atoms with E-state index in [0.29, 0.717) is 0 Å². The number of hydrogen-bond donors (Lipinski definition) is 1. The van der Waals surface area contributed by atoms with Gasteiger partial charge in [-0.25, -0.2) is 0 Å². The summed E-state index contributed by atoms with van der Waals surface area (Å²) in [5.74, 6) is 0.878. The van der Waals surface area contributed by atoms with Crippen molar-refractivity contribution in [3.63, 3.8) is 0 Å². The highest BCUT2D eigenvalue weighted by atomic mass is 79.9. The van der Waals surface area contributed by atoms with E-state index in [4.69, 9.17) is 16.3 Å². The Hall–Kier alpha value is -1.03. The van der Waals surface area contributed by atoms with Crippen molar-refractivity contribution < 1.29 is 4.74 Å². The quantitative estimate of drug-likeness (QED) is 0.871. The molecular formula is C15H15BrClNO. The fourth-order valence-electron chi connectivity index (χ4n) is 1.74. The van der Waals surface area contributed by atoms with Gasteiger partial charge < -0.3 is 10.1 Å². The van der Waals surface area contributed by atoms with Gasteiger partial charge in [0.05, 0.1) is 12.1 Å². The number of hydrogen-bond acceptors (Lipinski definition) is 2. The lowest BCUT2D eigenvalue weighted by Gasteiger charge is -2.07. The third kappa shape index (κ3) is 4.23. The van der Waals surface area contributed by atoms with Gasteiger partial charge in [-0.2, -0.15) is 0 Å². The minimum atomic E-state index is 0.740. The first-order valence-electron chi connectivity index (χ1n) is 5.96. The van der Waals surface area contributed by atoms with Crippen LogP contribution in [0.2, 0.25) is 5.02 Å². The second kappa shape index (κ2) is 6.94. The van der Waals surface area contributed by atoms with Crippen molar-refractivity contribution in [2.45, 2.75) is 13.1 Å². The molecule has 0 bridgehead atoms. The van der Waals surface area contributed by atoms with Crippen molar-refractivity contribution in [2.24, 2.45) is 0 Å². The summed E-state index contributed by atoms with van der Waals surface area (Å²) in [6.07, 6.45) is 0. The molecule has 0 heterocycles. The van der Waals surface area contributed by atoms with Gasteiger partial charge in [0.25, 0.3) is 0 Å². The zero-order chi connectivity index (χ0) is 13.7. The average molecular weight is 341 g/mol. The van der Waals surface area contributed by atoms with Gasteiger partial charge in [0.1, 0.15) is 5.75 Å². The molecule has 0 atom stereocenters. The second-order valence-corrected chi connectivity index (χ2v) is 5.46. The molecule has 0 amide bonds. The Morgan fingerprint density at radius 1 is 1.05 bits per heavy atom. The van der Waals surface area contributed by atoms with E-state index in [1.165, 1.54) is 11.1 Å². The van der Waals surface area contributed by atoms with Gasteiger partial charge in [-0.3, -0.25) is 0 Å². The molecule has 4 heteroatoms. The van der Waals surface area contributed by atoms with Crippen LogP contribution in [0.1, 0.15) is 11.1 Å². The van der Waals surface area contributed by atoms with Crippen LogP contribution in [0, 0.1) is 0 Å². The summed E-state index contributed by atoms with van der Waals surface area (Å²) in [7, 11) is 1.67. The average Bonchev–Trinajstić information content (AvgIpc) is 2.43. The summed E-state index contributed by atoms with van der Waals surface area (Å²) in [4.78, 5) is 0. The number of halogens is 2. The fourth-order valence-corrected chi connectivity index (χ4v) is 2.19. The van der Waals surface area contributed by atoms with Crippen LogP contribution in [0.5, 0.6) is 5.75 Å². The zero-order valence-electron chi connectivity index (χ0n) is 10.6. The van der Waals surface area contributed by atoms with Crippen LogP contribution in [0.3, 0.4) is 0 Å². The molecule has 1 N–H and O–H groups in total. The molecule has 0 aliphatic rings. The number of benzene rings is 2. The molecule has 0 fully saturated rings. The third-order valence-electron chi connectivity index (χ3n) is 2.80. The molecule has 0 radical (unpaired) electrons. The van der Waals surface area contributed by atoms with Crippen LogP contribution in [-0.4, -0.2) is 7.11 Å². The Labute approximate surface area is 126 Å². The summed E-state index contributed by atoms with van der Waals surface area (Å²) in [6, 6.07) is 14.0. The molecule has 0 saturated heterocycles. The van der Waals surface area contributed by atoms with Crippen LogP contribution < -0.4 is 10.1 Å². The van der Waals surface area contributed by atoms with E-state index >= 15 is 0 Å². The third-order valence-corrected chi connectivity index (χ3v) is 4.03. The molecular weight excluding hydrogens is 326 g/mol. The van der Waals surface area contributed by atoms with E-state index in [1.807, 2.05) is 24.3 Å². The number of nitrogens with one attached hydrogen (secondary N) is 1. The SMILES string of the molecule is COc1ccc(CNCc2ccc(Br)c(Cl)c2)cc1. The maximum absolute atomic E-state index is 6.05. The van der Waals surface area contributed by atoms with E-state index in [1.54, 1.807) is 7.11 Å². The maximum Gasteiger partial charge on any atom is 0.118 e. The van der Waals surface area contributed by atoms with Crippen molar-refractivity contribution in [1.29, 1.82) is 0 Å². The Morgan fingerprint density at radius 3 is 2.32 bits per heavy atom. The molecule has 0 aliphatic carbocycles. The van der Waals surface area contributed by atoms with Gasteiger partial charge in [0.2, 0.25) is 0 Å². The summed E-state index contributed by atoms with van der Waals surface area (Å²) < 4.78 is 6.05. The highest BCUT2D eigenvalue weighted by Gasteiger charge is 1.99. The Bertz CT molecular complexity index is 542. The van der Waals surface area contributed by atoms with Crippen molar-refractivity contribution in [3.05, 3.63) is 63.1 Å². The smallest absolute Gasteiger partial charge is 0.118 e. The van der Waals surface area contributed by atoms with Gasteiger partial charge in [-0.1, -0.05) is 29.8 Å². The van der Waals surface area contributed by atoms with Crippen LogP contribution in [0.15, 0.2) is 46.9 Å². The van der Waals surface area contributed by atoms with E-state index in [0.717, 1.165) is 28.3 Å². The summed E-state index contributed by atoms with van der Waals surface area (Å²) >= 11 is 9.44. The molecule has 19 heavy (non-hydrogen) atoms. The number of methoxy groups -OCH3 is 1. The molecule has 0 spiro atoms. The van der Waals surface area contributed by atoms with Gasteiger partial charge in [0.15, 0.2) is 0 Å². The summed E-state index contributed by atoms with van der Waals surface area (Å²) in [5, 5.41) is 4.13. The first-order valence-corrected chi connectivity index (χ1v) is 7.13. The molecule has 0 aliphatic heterocycles. The van der Waals surface area contributed by atoms with E-state index in [9.17, 15) is 0 Å². The fraction of sp³-hybridized carbons (Fsp3) is 0.200. The maximum atomic E-state index is 6.05. The minimum absolute atomic E-state index is 0.740. The topological polar surface area (TPSA) is 21.3 Å². The number of ether oxygens (including phenoxy) is 1. The molecule has 100 valence electrons. The molecule has 2 aromatic rings. The Morgan fingerprint density at radius 2 is 1.68 bits per heavy atom. The van der Waals surface area contributed by atoms with Gasteiger partial charge >= 0.3 is 0 Å². The van der Waals surface area contributed by atoms with Crippen LogP contribution in [-0.2, 0) is 13.1 Å². The van der Waals surface area contributed by atoms with Crippen LogP contribution in [0.4, 0.5) is 0 Å². The van der Waals surface area contributed by atoms with Gasteiger partial charge in [-0.05, 0) is 51.3 Å². The number of rotatable bonds is 5. The first-order chi connectivity index (χ1) is 9.19. The van der Waals surface area contributed by atoms with Crippen LogP contribution in [0.25, 0.3) is 0 Å². The lowest BCUT2D eigenvalue weighted by atomic mass is 10.2. The molecule has 2 rings (SSSR count). The van der Waals surface area contributed by atoms with E-state index in [-0.39, 0.29) is 0 Å². The van der Waals surface area contributed by atoms with Crippen LogP contribution >= 0.6 is 27.5 Å². The van der Waals surface area contributed by atoms with Crippen molar-refractivity contribution >= 4 is 27.5 Å². The Kier molecular flexibility index (Phi) is 5.25. The minimum Gasteiger partial charge on any atom is -0.497 e. The summed E-state index contributed by atoms with van der Waals surface area (Å²) in [6.45, 7) is 1.61. The molecule has 2 aromatic carbocycles. The van der Waals surface area contributed by atoms with Gasteiger partial charge in [0, 0.05) is 17.6 Å². The highest BCUT2D eigenvalue weighted by Crippen LogP contribution is 2.23. The first kappa shape index (κ1) is 14.4. The summed E-state index contributed by atoms with van der Waals surface area (Å²) in [5.41, 5.74) is 2.39. The van der Waals surface area contributed by atoms with Crippen molar-refractivity contribution in [2.75, 3.05) is 7.11 Å². The van der Waals surface area contributed by atoms with E-state index < -0.39 is 0 Å². The molecule has 0 saturated carbocycles. The molecule has 0 aromatic heterocycles. The van der Waals surface area contributed by atoms with Crippen molar-refractivity contribution in [3.8, 4) is 5.75 Å².